The zero-order chi connectivity index (χ0) is 16.9. The summed E-state index contributed by atoms with van der Waals surface area (Å²) in [5, 5.41) is 1.76. The molecule has 6 heteroatoms. The van der Waals surface area contributed by atoms with Crippen molar-refractivity contribution in [2.75, 3.05) is 37.7 Å². The number of hydrogen-bond donors (Lipinski definition) is 0. The molecule has 3 rings (SSSR count). The summed E-state index contributed by atoms with van der Waals surface area (Å²) in [6.45, 7) is 5.01. The summed E-state index contributed by atoms with van der Waals surface area (Å²) in [7, 11) is 0. The fourth-order valence-corrected chi connectivity index (χ4v) is 2.87. The predicted molar refractivity (Wildman–Crippen MR) is 91.7 cm³/mol. The Kier molecular flexibility index (Phi) is 5.13. The zero-order valence-corrected chi connectivity index (χ0v) is 13.9. The van der Waals surface area contributed by atoms with E-state index in [9.17, 15) is 9.18 Å². The Balaban J connectivity index is 1.67. The lowest BCUT2D eigenvalue weighted by Gasteiger charge is -2.35. The molecule has 24 heavy (non-hydrogen) atoms. The number of hydrogen-bond acceptors (Lipinski definition) is 4. The van der Waals surface area contributed by atoms with Crippen molar-refractivity contribution >= 4 is 22.7 Å². The lowest BCUT2D eigenvalue weighted by atomic mass is 10.1. The maximum absolute atomic E-state index is 13.6. The maximum Gasteiger partial charge on any atom is 0.409 e. The molecular weight excluding hydrogens is 309 g/mol. The number of fused-ring (bicyclic) bond motifs is 1. The quantitative estimate of drug-likeness (QED) is 0.805. The summed E-state index contributed by atoms with van der Waals surface area (Å²) in [5.41, 5.74) is 0. The first-order chi connectivity index (χ1) is 11.7. The summed E-state index contributed by atoms with van der Waals surface area (Å²) in [4.78, 5) is 20.2. The Morgan fingerprint density at radius 1 is 1.25 bits per heavy atom. The van der Waals surface area contributed by atoms with E-state index in [1.54, 1.807) is 17.2 Å². The molecule has 5 nitrogen and oxygen atoms in total. The number of amides is 1. The number of nitrogens with zero attached hydrogens (tertiary/aromatic N) is 3. The number of piperazine rings is 1. The number of benzene rings is 1. The van der Waals surface area contributed by atoms with Gasteiger partial charge >= 0.3 is 6.09 Å². The fraction of sp³-hybridized carbons (Fsp3) is 0.444. The molecule has 1 aromatic heterocycles. The molecule has 0 bridgehead atoms. The Morgan fingerprint density at radius 2 is 2.04 bits per heavy atom. The van der Waals surface area contributed by atoms with E-state index in [-0.39, 0.29) is 11.9 Å². The van der Waals surface area contributed by atoms with E-state index in [2.05, 4.69) is 16.8 Å². The van der Waals surface area contributed by atoms with Crippen LogP contribution in [0.2, 0.25) is 0 Å². The number of anilines is 1. The number of aromatic nitrogens is 1. The zero-order valence-electron chi connectivity index (χ0n) is 13.9. The minimum atomic E-state index is -0.269. The third-order valence-electron chi connectivity index (χ3n) is 4.27. The van der Waals surface area contributed by atoms with E-state index < -0.39 is 0 Å². The van der Waals surface area contributed by atoms with Gasteiger partial charge in [-0.15, -0.1) is 0 Å². The van der Waals surface area contributed by atoms with Crippen LogP contribution in [0.15, 0.2) is 30.5 Å². The van der Waals surface area contributed by atoms with Crippen LogP contribution in [0.5, 0.6) is 0 Å². The molecule has 1 fully saturated rings. The minimum Gasteiger partial charge on any atom is -0.449 e. The largest absolute Gasteiger partial charge is 0.449 e. The van der Waals surface area contributed by atoms with E-state index in [1.807, 2.05) is 6.07 Å². The second kappa shape index (κ2) is 7.47. The van der Waals surface area contributed by atoms with Crippen molar-refractivity contribution in [3.63, 3.8) is 0 Å². The van der Waals surface area contributed by atoms with Gasteiger partial charge in [-0.05, 0) is 30.0 Å². The highest BCUT2D eigenvalue weighted by atomic mass is 19.1. The molecular formula is C18H22FN3O2. The third kappa shape index (κ3) is 3.58. The summed E-state index contributed by atoms with van der Waals surface area (Å²) in [6.07, 6.45) is 3.38. The second-order valence-corrected chi connectivity index (χ2v) is 5.94. The highest BCUT2D eigenvalue weighted by Crippen LogP contribution is 2.26. The van der Waals surface area contributed by atoms with Crippen LogP contribution in [0.4, 0.5) is 15.0 Å². The van der Waals surface area contributed by atoms with Gasteiger partial charge in [0.2, 0.25) is 0 Å². The molecule has 128 valence electrons. The average Bonchev–Trinajstić information content (AvgIpc) is 2.61. The first-order valence-electron chi connectivity index (χ1n) is 8.40. The summed E-state index contributed by atoms with van der Waals surface area (Å²) in [5.74, 6) is 0.501. The van der Waals surface area contributed by atoms with Crippen molar-refractivity contribution in [2.45, 2.75) is 19.8 Å². The van der Waals surface area contributed by atoms with Crippen LogP contribution in [0.1, 0.15) is 19.8 Å². The maximum atomic E-state index is 13.6. The van der Waals surface area contributed by atoms with Crippen LogP contribution < -0.4 is 4.90 Å². The van der Waals surface area contributed by atoms with Gasteiger partial charge in [-0.3, -0.25) is 0 Å². The molecule has 0 unspecified atom stereocenters. The molecule has 2 aromatic rings. The molecule has 1 aliphatic rings. The predicted octanol–water partition coefficient (Wildman–Crippen LogP) is 3.43. The molecule has 1 amide bonds. The van der Waals surface area contributed by atoms with E-state index in [0.717, 1.165) is 29.4 Å². The van der Waals surface area contributed by atoms with Gasteiger partial charge in [0.25, 0.3) is 0 Å². The van der Waals surface area contributed by atoms with E-state index in [0.29, 0.717) is 32.8 Å². The summed E-state index contributed by atoms with van der Waals surface area (Å²) in [6, 6.07) is 6.61. The molecule has 1 aliphatic heterocycles. The van der Waals surface area contributed by atoms with Gasteiger partial charge in [0, 0.05) is 37.8 Å². The molecule has 1 aromatic carbocycles. The van der Waals surface area contributed by atoms with Gasteiger partial charge < -0.3 is 14.5 Å². The van der Waals surface area contributed by atoms with Crippen LogP contribution in [-0.2, 0) is 4.74 Å². The average molecular weight is 331 g/mol. The van der Waals surface area contributed by atoms with Gasteiger partial charge in [-0.2, -0.15) is 0 Å². The summed E-state index contributed by atoms with van der Waals surface area (Å²) >= 11 is 0. The van der Waals surface area contributed by atoms with Crippen molar-refractivity contribution < 1.29 is 13.9 Å². The number of carbonyl (C=O) groups excluding carboxylic acids is 1. The standard InChI is InChI=1S/C18H22FN3O2/c1-2-3-12-24-18(23)22-10-8-21(9-11-22)17-16-13-15(19)5-4-14(16)6-7-20-17/h4-7,13H,2-3,8-12H2,1H3. The number of carbonyl (C=O) groups is 1. The van der Waals surface area contributed by atoms with Gasteiger partial charge in [0.05, 0.1) is 6.61 Å². The topological polar surface area (TPSA) is 45.7 Å². The normalized spacial score (nSPS) is 14.9. The van der Waals surface area contributed by atoms with Crippen molar-refractivity contribution in [3.05, 3.63) is 36.3 Å². The van der Waals surface area contributed by atoms with Crippen LogP contribution in [0.3, 0.4) is 0 Å². The van der Waals surface area contributed by atoms with Crippen LogP contribution >= 0.6 is 0 Å². The minimum absolute atomic E-state index is 0.250. The van der Waals surface area contributed by atoms with Gasteiger partial charge in [0.15, 0.2) is 0 Å². The number of halogens is 1. The number of pyridine rings is 1. The molecule has 0 N–H and O–H groups in total. The number of rotatable bonds is 4. The van der Waals surface area contributed by atoms with Gasteiger partial charge in [-0.25, -0.2) is 14.2 Å². The van der Waals surface area contributed by atoms with E-state index in [4.69, 9.17) is 4.74 Å². The molecule has 0 aliphatic carbocycles. The SMILES string of the molecule is CCCCOC(=O)N1CCN(c2nccc3ccc(F)cc23)CC1. The Labute approximate surface area is 141 Å². The highest BCUT2D eigenvalue weighted by Gasteiger charge is 2.23. The first-order valence-corrected chi connectivity index (χ1v) is 8.40. The molecule has 0 spiro atoms. The smallest absolute Gasteiger partial charge is 0.409 e. The molecule has 0 saturated carbocycles. The van der Waals surface area contributed by atoms with Crippen LogP contribution in [0.25, 0.3) is 10.8 Å². The molecule has 0 radical (unpaired) electrons. The van der Waals surface area contributed by atoms with Crippen molar-refractivity contribution in [1.82, 2.24) is 9.88 Å². The third-order valence-corrected chi connectivity index (χ3v) is 4.27. The van der Waals surface area contributed by atoms with Crippen LogP contribution in [0, 0.1) is 5.82 Å². The van der Waals surface area contributed by atoms with E-state index >= 15 is 0 Å². The fourth-order valence-electron chi connectivity index (χ4n) is 2.87. The Hall–Kier alpha value is -2.37. The van der Waals surface area contributed by atoms with Gasteiger partial charge in [0.1, 0.15) is 11.6 Å². The Bertz CT molecular complexity index is 714. The van der Waals surface area contributed by atoms with Crippen LogP contribution in [-0.4, -0.2) is 48.8 Å². The van der Waals surface area contributed by atoms with Gasteiger partial charge in [-0.1, -0.05) is 19.4 Å². The van der Waals surface area contributed by atoms with E-state index in [1.165, 1.54) is 12.1 Å². The first kappa shape index (κ1) is 16.5. The second-order valence-electron chi connectivity index (χ2n) is 5.94. The molecule has 0 atom stereocenters. The monoisotopic (exact) mass is 331 g/mol. The highest BCUT2D eigenvalue weighted by molar-refractivity contribution is 5.92. The van der Waals surface area contributed by atoms with Crippen molar-refractivity contribution in [1.29, 1.82) is 0 Å². The Morgan fingerprint density at radius 3 is 2.79 bits per heavy atom. The lowest BCUT2D eigenvalue weighted by molar-refractivity contribution is 0.0989. The number of ether oxygens (including phenoxy) is 1. The van der Waals surface area contributed by atoms with Crippen molar-refractivity contribution in [2.24, 2.45) is 0 Å². The number of unbranched alkanes of at least 4 members (excludes halogenated alkanes) is 1. The molecule has 2 heterocycles. The summed E-state index contributed by atoms with van der Waals surface area (Å²) < 4.78 is 18.8. The van der Waals surface area contributed by atoms with Crippen molar-refractivity contribution in [3.8, 4) is 0 Å². The molecule has 1 saturated heterocycles. The lowest BCUT2D eigenvalue weighted by Crippen LogP contribution is -2.49.